The minimum atomic E-state index is -0.327. The standard InChI is InChI=1S/C23H21FN2O3/c1-29-23(28)10-4-9-22(27)25-19-6-2-5-17(15-19)21-8-3-7-20(26-21)16-11-13-18(24)14-12-16/h2-3,5-8,11-15H,4,9-10H2,1H3,(H,25,27). The molecule has 0 aliphatic rings. The molecular weight excluding hydrogens is 371 g/mol. The highest BCUT2D eigenvalue weighted by molar-refractivity contribution is 5.91. The Morgan fingerprint density at radius 3 is 2.34 bits per heavy atom. The maximum absolute atomic E-state index is 13.2. The first kappa shape index (κ1) is 20.2. The molecule has 1 heterocycles. The van der Waals surface area contributed by atoms with Gasteiger partial charge >= 0.3 is 5.97 Å². The number of hydrogen-bond donors (Lipinski definition) is 1. The van der Waals surface area contributed by atoms with E-state index in [2.05, 4.69) is 15.0 Å². The van der Waals surface area contributed by atoms with Gasteiger partial charge in [0.1, 0.15) is 5.82 Å². The second kappa shape index (κ2) is 9.59. The first-order valence-electron chi connectivity index (χ1n) is 9.25. The van der Waals surface area contributed by atoms with Gasteiger partial charge in [0.15, 0.2) is 0 Å². The number of benzene rings is 2. The third-order valence-corrected chi connectivity index (χ3v) is 4.34. The molecule has 0 saturated heterocycles. The van der Waals surface area contributed by atoms with E-state index in [-0.39, 0.29) is 30.5 Å². The lowest BCUT2D eigenvalue weighted by molar-refractivity contribution is -0.140. The Balaban J connectivity index is 1.71. The molecule has 3 aromatic rings. The fourth-order valence-corrected chi connectivity index (χ4v) is 2.85. The SMILES string of the molecule is COC(=O)CCCC(=O)Nc1cccc(-c2cccc(-c3ccc(F)cc3)n2)c1. The minimum absolute atomic E-state index is 0.168. The zero-order valence-corrected chi connectivity index (χ0v) is 16.0. The molecule has 1 amide bonds. The molecule has 0 spiro atoms. The molecule has 5 nitrogen and oxygen atoms in total. The van der Waals surface area contributed by atoms with Gasteiger partial charge in [0.05, 0.1) is 18.5 Å². The van der Waals surface area contributed by atoms with Gasteiger partial charge in [-0.05, 0) is 55.0 Å². The number of carbonyl (C=O) groups is 2. The summed E-state index contributed by atoms with van der Waals surface area (Å²) in [6, 6.07) is 19.2. The molecule has 6 heteroatoms. The molecule has 1 aromatic heterocycles. The van der Waals surface area contributed by atoms with Gasteiger partial charge in [-0.2, -0.15) is 0 Å². The number of ether oxygens (including phenoxy) is 1. The van der Waals surface area contributed by atoms with Crippen LogP contribution in [-0.4, -0.2) is 24.0 Å². The maximum Gasteiger partial charge on any atom is 0.305 e. The number of carbonyl (C=O) groups excluding carboxylic acids is 2. The number of rotatable bonds is 7. The number of halogens is 1. The van der Waals surface area contributed by atoms with Crippen LogP contribution in [0, 0.1) is 5.82 Å². The summed E-state index contributed by atoms with van der Waals surface area (Å²) in [4.78, 5) is 27.9. The zero-order chi connectivity index (χ0) is 20.6. The van der Waals surface area contributed by atoms with Crippen LogP contribution in [0.5, 0.6) is 0 Å². The van der Waals surface area contributed by atoms with Crippen LogP contribution in [0.1, 0.15) is 19.3 Å². The first-order chi connectivity index (χ1) is 14.0. The van der Waals surface area contributed by atoms with E-state index in [0.717, 1.165) is 22.5 Å². The summed E-state index contributed by atoms with van der Waals surface area (Å²) in [5, 5.41) is 2.84. The Morgan fingerprint density at radius 1 is 0.931 bits per heavy atom. The van der Waals surface area contributed by atoms with Crippen LogP contribution in [0.3, 0.4) is 0 Å². The smallest absolute Gasteiger partial charge is 0.305 e. The first-order valence-corrected chi connectivity index (χ1v) is 9.25. The second-order valence-corrected chi connectivity index (χ2v) is 6.47. The largest absolute Gasteiger partial charge is 0.469 e. The average molecular weight is 392 g/mol. The van der Waals surface area contributed by atoms with Gasteiger partial charge in [-0.3, -0.25) is 9.59 Å². The summed E-state index contributed by atoms with van der Waals surface area (Å²) < 4.78 is 17.7. The van der Waals surface area contributed by atoms with E-state index in [0.29, 0.717) is 12.1 Å². The highest BCUT2D eigenvalue weighted by Gasteiger charge is 2.08. The minimum Gasteiger partial charge on any atom is -0.469 e. The van der Waals surface area contributed by atoms with Crippen LogP contribution in [-0.2, 0) is 14.3 Å². The van der Waals surface area contributed by atoms with E-state index in [1.807, 2.05) is 36.4 Å². The summed E-state index contributed by atoms with van der Waals surface area (Å²) in [5.74, 6) is -0.786. The van der Waals surface area contributed by atoms with Gasteiger partial charge in [-0.25, -0.2) is 9.37 Å². The third kappa shape index (κ3) is 5.72. The van der Waals surface area contributed by atoms with Crippen LogP contribution >= 0.6 is 0 Å². The number of amides is 1. The molecule has 0 radical (unpaired) electrons. The normalized spacial score (nSPS) is 10.4. The Bertz CT molecular complexity index is 1000. The molecule has 148 valence electrons. The van der Waals surface area contributed by atoms with Crippen molar-refractivity contribution in [1.82, 2.24) is 4.98 Å². The molecule has 3 rings (SSSR count). The number of hydrogen-bond acceptors (Lipinski definition) is 4. The Labute approximate surface area is 168 Å². The zero-order valence-electron chi connectivity index (χ0n) is 16.0. The van der Waals surface area contributed by atoms with Crippen molar-refractivity contribution in [3.8, 4) is 22.5 Å². The Morgan fingerprint density at radius 2 is 1.62 bits per heavy atom. The van der Waals surface area contributed by atoms with Crippen LogP contribution in [0.15, 0.2) is 66.7 Å². The van der Waals surface area contributed by atoms with Crippen molar-refractivity contribution in [2.75, 3.05) is 12.4 Å². The van der Waals surface area contributed by atoms with Gasteiger partial charge in [0, 0.05) is 29.7 Å². The monoisotopic (exact) mass is 392 g/mol. The predicted molar refractivity (Wildman–Crippen MR) is 110 cm³/mol. The van der Waals surface area contributed by atoms with Gasteiger partial charge < -0.3 is 10.1 Å². The molecule has 0 saturated carbocycles. The van der Waals surface area contributed by atoms with Gasteiger partial charge in [0.25, 0.3) is 0 Å². The number of aromatic nitrogens is 1. The van der Waals surface area contributed by atoms with Gasteiger partial charge in [-0.1, -0.05) is 18.2 Å². The lowest BCUT2D eigenvalue weighted by Gasteiger charge is -2.09. The average Bonchev–Trinajstić information content (AvgIpc) is 2.74. The highest BCUT2D eigenvalue weighted by atomic mass is 19.1. The summed E-state index contributed by atoms with van der Waals surface area (Å²) in [6.07, 6.45) is 0.876. The molecule has 2 aromatic carbocycles. The van der Waals surface area contributed by atoms with E-state index < -0.39 is 0 Å². The summed E-state index contributed by atoms with van der Waals surface area (Å²) in [6.45, 7) is 0. The highest BCUT2D eigenvalue weighted by Crippen LogP contribution is 2.25. The Hall–Kier alpha value is -3.54. The van der Waals surface area contributed by atoms with Crippen molar-refractivity contribution >= 4 is 17.6 Å². The van der Waals surface area contributed by atoms with Crippen LogP contribution in [0.4, 0.5) is 10.1 Å². The van der Waals surface area contributed by atoms with Crippen molar-refractivity contribution in [3.05, 3.63) is 72.5 Å². The summed E-state index contributed by atoms with van der Waals surface area (Å²) in [7, 11) is 1.33. The maximum atomic E-state index is 13.2. The molecule has 1 N–H and O–H groups in total. The number of nitrogens with zero attached hydrogens (tertiary/aromatic N) is 1. The number of methoxy groups -OCH3 is 1. The van der Waals surface area contributed by atoms with Crippen molar-refractivity contribution in [1.29, 1.82) is 0 Å². The molecule has 0 aliphatic carbocycles. The fourth-order valence-electron chi connectivity index (χ4n) is 2.85. The van der Waals surface area contributed by atoms with Crippen molar-refractivity contribution in [2.24, 2.45) is 0 Å². The molecule has 29 heavy (non-hydrogen) atoms. The number of anilines is 1. The van der Waals surface area contributed by atoms with Gasteiger partial charge in [0.2, 0.25) is 5.91 Å². The number of pyridine rings is 1. The fraction of sp³-hybridized carbons (Fsp3) is 0.174. The summed E-state index contributed by atoms with van der Waals surface area (Å²) >= 11 is 0. The van der Waals surface area contributed by atoms with Crippen molar-refractivity contribution in [2.45, 2.75) is 19.3 Å². The van der Waals surface area contributed by atoms with E-state index in [4.69, 9.17) is 0 Å². The van der Waals surface area contributed by atoms with Gasteiger partial charge in [-0.15, -0.1) is 0 Å². The summed E-state index contributed by atoms with van der Waals surface area (Å²) in [5.41, 5.74) is 3.80. The van der Waals surface area contributed by atoms with E-state index in [1.165, 1.54) is 19.2 Å². The quantitative estimate of drug-likeness (QED) is 0.585. The molecular formula is C23H21FN2O3. The lowest BCUT2D eigenvalue weighted by Crippen LogP contribution is -2.12. The van der Waals surface area contributed by atoms with E-state index >= 15 is 0 Å². The number of nitrogens with one attached hydrogen (secondary N) is 1. The number of esters is 1. The molecule has 0 bridgehead atoms. The predicted octanol–water partition coefficient (Wildman–Crippen LogP) is 4.84. The van der Waals surface area contributed by atoms with E-state index in [1.54, 1.807) is 18.2 Å². The van der Waals surface area contributed by atoms with E-state index in [9.17, 15) is 14.0 Å². The second-order valence-electron chi connectivity index (χ2n) is 6.47. The van der Waals surface area contributed by atoms with Crippen LogP contribution in [0.25, 0.3) is 22.5 Å². The molecule has 0 unspecified atom stereocenters. The topological polar surface area (TPSA) is 68.3 Å². The van der Waals surface area contributed by atoms with Crippen LogP contribution < -0.4 is 5.32 Å². The van der Waals surface area contributed by atoms with Crippen molar-refractivity contribution < 1.29 is 18.7 Å². The lowest BCUT2D eigenvalue weighted by atomic mass is 10.1. The third-order valence-electron chi connectivity index (χ3n) is 4.34. The molecule has 0 fully saturated rings. The molecule has 0 aliphatic heterocycles. The van der Waals surface area contributed by atoms with Crippen molar-refractivity contribution in [3.63, 3.8) is 0 Å². The Kier molecular flexibility index (Phi) is 6.68. The molecule has 0 atom stereocenters. The van der Waals surface area contributed by atoms with Crippen LogP contribution in [0.2, 0.25) is 0 Å².